The molecule has 3 heterocycles. The topological polar surface area (TPSA) is 181 Å². The smallest absolute Gasteiger partial charge is 0.303 e. The van der Waals surface area contributed by atoms with E-state index in [1.165, 1.54) is 19.1 Å². The summed E-state index contributed by atoms with van der Waals surface area (Å²) in [5, 5.41) is 6.39. The molecule has 1 aromatic heterocycles. The molecule has 15 nitrogen and oxygen atoms in total. The standard InChI is InChI=1S/C36H49FN4O11/c1-18(2)30(39-34(46)19(3)38-8)35(47)40-13-9-10-26(40)14-24-16-41(28-15-25(37)11-12-27(24)28)36-33(51-23(7)45)32(50-22(6)44)31(49-21(5)43)29(52-36)17-48-20(4)42/h11-12,15-16,18-19,26,29-33,36,38H,9-10,13-14,17H2,1-8H3,(H,39,46)/t19-,26-,29+,30-,31-,32-,33+,36?/m0/s1. The van der Waals surface area contributed by atoms with Crippen LogP contribution in [-0.4, -0.2) is 108 Å². The van der Waals surface area contributed by atoms with E-state index >= 15 is 0 Å². The molecule has 0 spiro atoms. The highest BCUT2D eigenvalue weighted by atomic mass is 19.1. The number of ether oxygens (including phenoxy) is 5. The number of benzene rings is 1. The maximum Gasteiger partial charge on any atom is 0.303 e. The Labute approximate surface area is 301 Å². The van der Waals surface area contributed by atoms with Gasteiger partial charge in [0.1, 0.15) is 24.6 Å². The summed E-state index contributed by atoms with van der Waals surface area (Å²) >= 11 is 0. The number of nitrogens with one attached hydrogen (secondary N) is 2. The molecule has 2 aliphatic heterocycles. The van der Waals surface area contributed by atoms with Crippen molar-refractivity contribution >= 4 is 46.6 Å². The lowest BCUT2D eigenvalue weighted by molar-refractivity contribution is -0.267. The summed E-state index contributed by atoms with van der Waals surface area (Å²) in [6, 6.07) is 2.65. The van der Waals surface area contributed by atoms with Gasteiger partial charge < -0.3 is 43.8 Å². The number of rotatable bonds is 13. The maximum absolute atomic E-state index is 14.9. The summed E-state index contributed by atoms with van der Waals surface area (Å²) in [7, 11) is 1.66. The molecule has 1 unspecified atom stereocenters. The SMILES string of the molecule is CN[C@@H](C)C(=O)N[C@H](C(=O)N1CCC[C@H]1Cc1cn(C2O[C@H](COC(C)=O)[C@H](OC(C)=O)[C@H](OC(C)=O)[C@H]2OC(C)=O)c2cc(F)ccc12)C(C)C. The Morgan fingerprint density at radius 1 is 0.923 bits per heavy atom. The van der Waals surface area contributed by atoms with Crippen LogP contribution in [0.4, 0.5) is 4.39 Å². The molecule has 0 aliphatic carbocycles. The molecular weight excluding hydrogens is 683 g/mol. The minimum atomic E-state index is -1.42. The molecule has 0 radical (unpaired) electrons. The van der Waals surface area contributed by atoms with Gasteiger partial charge in [-0.1, -0.05) is 13.8 Å². The lowest BCUT2D eigenvalue weighted by Crippen LogP contribution is -2.60. The Balaban J connectivity index is 1.78. The van der Waals surface area contributed by atoms with Crippen LogP contribution >= 0.6 is 0 Å². The summed E-state index contributed by atoms with van der Waals surface area (Å²) in [6.45, 7) is 10.1. The molecule has 2 saturated heterocycles. The lowest BCUT2D eigenvalue weighted by Gasteiger charge is -2.44. The van der Waals surface area contributed by atoms with Crippen molar-refractivity contribution in [1.29, 1.82) is 0 Å². The molecule has 16 heteroatoms. The molecule has 0 saturated carbocycles. The molecular formula is C36H49FN4O11. The lowest BCUT2D eigenvalue weighted by atomic mass is 9.97. The fourth-order valence-electron chi connectivity index (χ4n) is 6.79. The van der Waals surface area contributed by atoms with Crippen LogP contribution in [0.1, 0.15) is 73.1 Å². The molecule has 8 atom stereocenters. The first kappa shape index (κ1) is 40.2. The number of likely N-dealkylation sites (tertiary alicyclic amines) is 1. The van der Waals surface area contributed by atoms with Crippen LogP contribution in [0.15, 0.2) is 24.4 Å². The zero-order chi connectivity index (χ0) is 38.4. The second-order valence-electron chi connectivity index (χ2n) is 13.6. The van der Waals surface area contributed by atoms with Crippen LogP contribution in [-0.2, 0) is 58.9 Å². The van der Waals surface area contributed by atoms with E-state index in [1.54, 1.807) is 35.7 Å². The summed E-state index contributed by atoms with van der Waals surface area (Å²) in [5.41, 5.74) is 1.04. The van der Waals surface area contributed by atoms with Crippen LogP contribution in [0.5, 0.6) is 0 Å². The van der Waals surface area contributed by atoms with Crippen molar-refractivity contribution in [3.8, 4) is 0 Å². The quantitative estimate of drug-likeness (QED) is 0.227. The van der Waals surface area contributed by atoms with E-state index in [2.05, 4.69) is 10.6 Å². The molecule has 2 N–H and O–H groups in total. The fourth-order valence-corrected chi connectivity index (χ4v) is 6.79. The highest BCUT2D eigenvalue weighted by Crippen LogP contribution is 2.39. The number of carbonyl (C=O) groups is 6. The third-order valence-electron chi connectivity index (χ3n) is 9.29. The van der Waals surface area contributed by atoms with Crippen LogP contribution in [0.25, 0.3) is 10.9 Å². The minimum absolute atomic E-state index is 0.186. The molecule has 2 aliphatic rings. The average molecular weight is 733 g/mol. The Morgan fingerprint density at radius 2 is 1.56 bits per heavy atom. The predicted octanol–water partition coefficient (Wildman–Crippen LogP) is 2.32. The van der Waals surface area contributed by atoms with Gasteiger partial charge in [0.15, 0.2) is 24.5 Å². The van der Waals surface area contributed by atoms with E-state index in [-0.39, 0.29) is 23.8 Å². The third-order valence-corrected chi connectivity index (χ3v) is 9.29. The van der Waals surface area contributed by atoms with Crippen LogP contribution in [0.3, 0.4) is 0 Å². The predicted molar refractivity (Wildman–Crippen MR) is 183 cm³/mol. The number of hydrogen-bond acceptors (Lipinski definition) is 12. The van der Waals surface area contributed by atoms with E-state index in [0.29, 0.717) is 35.9 Å². The first-order chi connectivity index (χ1) is 24.5. The van der Waals surface area contributed by atoms with E-state index < -0.39 is 79.0 Å². The van der Waals surface area contributed by atoms with Gasteiger partial charge in [-0.05, 0) is 62.9 Å². The van der Waals surface area contributed by atoms with Crippen LogP contribution in [0, 0.1) is 11.7 Å². The van der Waals surface area contributed by atoms with Gasteiger partial charge in [0.25, 0.3) is 0 Å². The number of carbonyl (C=O) groups excluding carboxylic acids is 6. The number of fused-ring (bicyclic) bond motifs is 1. The van der Waals surface area contributed by atoms with Crippen molar-refractivity contribution in [3.63, 3.8) is 0 Å². The van der Waals surface area contributed by atoms with Gasteiger partial charge in [0.2, 0.25) is 11.8 Å². The summed E-state index contributed by atoms with van der Waals surface area (Å²) in [5.74, 6) is -4.23. The van der Waals surface area contributed by atoms with Crippen molar-refractivity contribution in [2.45, 2.75) is 116 Å². The minimum Gasteiger partial charge on any atom is -0.463 e. The number of hydrogen-bond donors (Lipinski definition) is 2. The molecule has 2 amide bonds. The molecule has 52 heavy (non-hydrogen) atoms. The highest BCUT2D eigenvalue weighted by Gasteiger charge is 2.53. The Bertz CT molecular complexity index is 1660. The van der Waals surface area contributed by atoms with Gasteiger partial charge in [-0.15, -0.1) is 0 Å². The Morgan fingerprint density at radius 3 is 2.15 bits per heavy atom. The Hall–Kier alpha value is -4.57. The summed E-state index contributed by atoms with van der Waals surface area (Å²) in [6.07, 6.45) is -3.25. The highest BCUT2D eigenvalue weighted by molar-refractivity contribution is 5.90. The summed E-state index contributed by atoms with van der Waals surface area (Å²) in [4.78, 5) is 77.4. The normalized spacial score (nSPS) is 24.2. The summed E-state index contributed by atoms with van der Waals surface area (Å²) < 4.78 is 44.9. The van der Waals surface area contributed by atoms with Crippen LogP contribution in [0.2, 0.25) is 0 Å². The molecule has 1 aromatic carbocycles. The number of halogens is 1. The molecule has 4 rings (SSSR count). The van der Waals surface area contributed by atoms with Gasteiger partial charge in [0.05, 0.1) is 11.6 Å². The first-order valence-corrected chi connectivity index (χ1v) is 17.4. The number of likely N-dealkylation sites (N-methyl/N-ethyl adjacent to an activating group) is 1. The number of esters is 4. The van der Waals surface area contributed by atoms with Gasteiger partial charge in [-0.25, -0.2) is 4.39 Å². The van der Waals surface area contributed by atoms with Gasteiger partial charge in [-0.2, -0.15) is 0 Å². The largest absolute Gasteiger partial charge is 0.463 e. The Kier molecular flexibility index (Phi) is 13.4. The molecule has 2 aromatic rings. The van der Waals surface area contributed by atoms with Crippen molar-refractivity contribution in [3.05, 3.63) is 35.8 Å². The van der Waals surface area contributed by atoms with Gasteiger partial charge in [0, 0.05) is 51.9 Å². The number of aromatic nitrogens is 1. The zero-order valence-electron chi connectivity index (χ0n) is 30.8. The van der Waals surface area contributed by atoms with Crippen molar-refractivity contribution in [2.75, 3.05) is 20.2 Å². The van der Waals surface area contributed by atoms with E-state index in [9.17, 15) is 33.2 Å². The van der Waals surface area contributed by atoms with Gasteiger partial charge in [-0.3, -0.25) is 28.8 Å². The van der Waals surface area contributed by atoms with Gasteiger partial charge >= 0.3 is 23.9 Å². The van der Waals surface area contributed by atoms with E-state index in [1.807, 2.05) is 13.8 Å². The number of nitrogens with zero attached hydrogens (tertiary/aromatic N) is 2. The van der Waals surface area contributed by atoms with E-state index in [0.717, 1.165) is 27.2 Å². The second-order valence-corrected chi connectivity index (χ2v) is 13.6. The van der Waals surface area contributed by atoms with Crippen molar-refractivity contribution in [1.82, 2.24) is 20.1 Å². The van der Waals surface area contributed by atoms with Crippen molar-refractivity contribution < 1.29 is 56.8 Å². The molecule has 0 bridgehead atoms. The maximum atomic E-state index is 14.9. The third kappa shape index (κ3) is 9.45. The molecule has 2 fully saturated rings. The van der Waals surface area contributed by atoms with Crippen LogP contribution < -0.4 is 10.6 Å². The van der Waals surface area contributed by atoms with Crippen molar-refractivity contribution in [2.24, 2.45) is 5.92 Å². The molecule has 286 valence electrons. The fraction of sp³-hybridized carbons (Fsp3) is 0.611. The first-order valence-electron chi connectivity index (χ1n) is 17.4. The number of amides is 2. The zero-order valence-corrected chi connectivity index (χ0v) is 30.8. The monoisotopic (exact) mass is 732 g/mol. The van der Waals surface area contributed by atoms with E-state index in [4.69, 9.17) is 23.7 Å². The average Bonchev–Trinajstić information content (AvgIpc) is 3.67. The second kappa shape index (κ2) is 17.3.